The Morgan fingerprint density at radius 3 is 1.82 bits per heavy atom. The molecule has 162 valence electrons. The Hall–Kier alpha value is -0.370. The van der Waals surface area contributed by atoms with Gasteiger partial charge < -0.3 is 18.1 Å². The minimum absolute atomic E-state index is 0.0310. The highest BCUT2D eigenvalue weighted by Crippen LogP contribution is 2.66. The van der Waals surface area contributed by atoms with Crippen molar-refractivity contribution in [1.29, 1.82) is 0 Å². The van der Waals surface area contributed by atoms with Gasteiger partial charge in [0.2, 0.25) is 0 Å². The van der Waals surface area contributed by atoms with E-state index in [4.69, 9.17) is 18.1 Å². The minimum atomic E-state index is -3.91. The van der Waals surface area contributed by atoms with Gasteiger partial charge in [0.1, 0.15) is 0 Å². The zero-order chi connectivity index (χ0) is 21.6. The highest BCUT2D eigenvalue weighted by atomic mass is 32.2. The lowest BCUT2D eigenvalue weighted by molar-refractivity contribution is 0.233. The van der Waals surface area contributed by atoms with Crippen LogP contribution in [0, 0.1) is 0 Å². The summed E-state index contributed by atoms with van der Waals surface area (Å²) in [5, 5.41) is -1.54. The maximum atomic E-state index is 13.7. The van der Waals surface area contributed by atoms with Crippen molar-refractivity contribution in [2.75, 3.05) is 34.6 Å². The van der Waals surface area contributed by atoms with Crippen molar-refractivity contribution < 1.29 is 31.4 Å². The summed E-state index contributed by atoms with van der Waals surface area (Å²) in [6.45, 7) is 5.35. The summed E-state index contributed by atoms with van der Waals surface area (Å²) in [6, 6.07) is 8.76. The molecule has 0 heterocycles. The Kier molecular flexibility index (Phi) is 9.25. The fourth-order valence-corrected chi connectivity index (χ4v) is 7.02. The smallest absolute Gasteiger partial charge is 0.312 e. The van der Waals surface area contributed by atoms with Crippen molar-refractivity contribution in [2.24, 2.45) is 0 Å². The quantitative estimate of drug-likeness (QED) is 0.498. The van der Waals surface area contributed by atoms with Gasteiger partial charge in [-0.05, 0) is 32.8 Å². The Morgan fingerprint density at radius 2 is 1.43 bits per heavy atom. The Morgan fingerprint density at radius 1 is 0.929 bits per heavy atom. The van der Waals surface area contributed by atoms with Crippen molar-refractivity contribution in [3.05, 3.63) is 35.9 Å². The molecule has 0 saturated carbocycles. The molecule has 0 aliphatic rings. The van der Waals surface area contributed by atoms with Gasteiger partial charge in [-0.3, -0.25) is 9.13 Å². The van der Waals surface area contributed by atoms with Crippen LogP contribution in [-0.4, -0.2) is 43.6 Å². The summed E-state index contributed by atoms with van der Waals surface area (Å²) in [5.74, 6) is 0. The lowest BCUT2D eigenvalue weighted by atomic mass is 10.0. The van der Waals surface area contributed by atoms with Crippen LogP contribution in [0.3, 0.4) is 0 Å². The van der Waals surface area contributed by atoms with Crippen LogP contribution in [0.25, 0.3) is 0 Å². The molecule has 8 nitrogen and oxygen atoms in total. The summed E-state index contributed by atoms with van der Waals surface area (Å²) >= 11 is 0. The molecule has 1 N–H and O–H groups in total. The summed E-state index contributed by atoms with van der Waals surface area (Å²) in [5.41, 5.74) is 0.526. The van der Waals surface area contributed by atoms with Crippen molar-refractivity contribution in [3.63, 3.8) is 0 Å². The van der Waals surface area contributed by atoms with Crippen molar-refractivity contribution in [3.8, 4) is 0 Å². The number of hydrogen-bond donors (Lipinski definition) is 1. The van der Waals surface area contributed by atoms with Gasteiger partial charge in [-0.1, -0.05) is 30.3 Å². The van der Waals surface area contributed by atoms with Crippen LogP contribution < -0.4 is 4.72 Å². The van der Waals surface area contributed by atoms with Crippen LogP contribution in [0.4, 0.5) is 0 Å². The van der Waals surface area contributed by atoms with Crippen LogP contribution in [-0.2, 0) is 43.5 Å². The lowest BCUT2D eigenvalue weighted by Gasteiger charge is -2.40. The second-order valence-corrected chi connectivity index (χ2v) is 13.9. The topological polar surface area (TPSA) is 100 Å². The third-order valence-electron chi connectivity index (χ3n) is 4.32. The van der Waals surface area contributed by atoms with Gasteiger partial charge in [-0.15, -0.1) is 0 Å². The van der Waals surface area contributed by atoms with Gasteiger partial charge in [-0.25, -0.2) is 8.93 Å². The zero-order valence-corrected chi connectivity index (χ0v) is 20.1. The van der Waals surface area contributed by atoms with E-state index in [1.807, 2.05) is 0 Å². The number of benzene rings is 1. The number of nitrogens with one attached hydrogen (secondary N) is 1. The van der Waals surface area contributed by atoms with Gasteiger partial charge in [-0.2, -0.15) is 0 Å². The van der Waals surface area contributed by atoms with E-state index in [0.717, 1.165) is 0 Å². The lowest BCUT2D eigenvalue weighted by Crippen LogP contribution is -2.49. The predicted molar refractivity (Wildman–Crippen MR) is 112 cm³/mol. The van der Waals surface area contributed by atoms with Crippen LogP contribution >= 0.6 is 15.2 Å². The first kappa shape index (κ1) is 25.7. The molecular weight excluding hydrogens is 424 g/mol. The maximum Gasteiger partial charge on any atom is 0.355 e. The molecule has 0 spiro atoms. The molecule has 0 radical (unpaired) electrons. The molecule has 2 atom stereocenters. The first-order chi connectivity index (χ1) is 12.9. The Labute approximate surface area is 170 Å². The molecule has 0 fully saturated rings. The van der Waals surface area contributed by atoms with Gasteiger partial charge in [0.05, 0.1) is 21.9 Å². The van der Waals surface area contributed by atoms with Gasteiger partial charge in [0.15, 0.2) is 5.28 Å². The third kappa shape index (κ3) is 5.61. The van der Waals surface area contributed by atoms with Crippen molar-refractivity contribution in [1.82, 2.24) is 4.72 Å². The van der Waals surface area contributed by atoms with Crippen LogP contribution in [0.2, 0.25) is 0 Å². The highest BCUT2D eigenvalue weighted by Gasteiger charge is 2.54. The first-order valence-electron chi connectivity index (χ1n) is 8.61. The largest absolute Gasteiger partial charge is 0.355 e. The van der Waals surface area contributed by atoms with E-state index in [2.05, 4.69) is 4.72 Å². The van der Waals surface area contributed by atoms with E-state index in [1.165, 1.54) is 28.4 Å². The molecule has 1 unspecified atom stereocenters. The number of hydrogen-bond acceptors (Lipinski definition) is 7. The average molecular weight is 455 g/mol. The van der Waals surface area contributed by atoms with Crippen LogP contribution in [0.5, 0.6) is 0 Å². The van der Waals surface area contributed by atoms with Gasteiger partial charge in [0.25, 0.3) is 0 Å². The minimum Gasteiger partial charge on any atom is -0.312 e. The normalized spacial score (nSPS) is 16.5. The van der Waals surface area contributed by atoms with Gasteiger partial charge >= 0.3 is 15.2 Å². The summed E-state index contributed by atoms with van der Waals surface area (Å²) < 4.78 is 62.4. The molecule has 0 aromatic heterocycles. The van der Waals surface area contributed by atoms with E-state index in [9.17, 15) is 13.3 Å². The molecule has 0 aliphatic carbocycles. The SMILES string of the molecule is COP(=O)(CC[C@](NS(=O)C(C)(C)C)(c1ccccc1)P(=O)(OC)OC)OC. The molecule has 11 heteroatoms. The maximum absolute atomic E-state index is 13.7. The first-order valence-corrected chi connectivity index (χ1v) is 13.0. The third-order valence-corrected chi connectivity index (χ3v) is 10.5. The van der Waals surface area contributed by atoms with E-state index in [0.29, 0.717) is 5.56 Å². The van der Waals surface area contributed by atoms with Crippen LogP contribution in [0.15, 0.2) is 30.3 Å². The van der Waals surface area contributed by atoms with Crippen molar-refractivity contribution >= 4 is 26.2 Å². The van der Waals surface area contributed by atoms with Crippen molar-refractivity contribution in [2.45, 2.75) is 37.2 Å². The molecule has 28 heavy (non-hydrogen) atoms. The molecular formula is C17H31NO7P2S. The summed E-state index contributed by atoms with van der Waals surface area (Å²) in [4.78, 5) is 0. The molecule has 1 rings (SSSR count). The predicted octanol–water partition coefficient (Wildman–Crippen LogP) is 4.25. The van der Waals surface area contributed by atoms with E-state index < -0.39 is 36.2 Å². The highest BCUT2D eigenvalue weighted by molar-refractivity contribution is 7.84. The second-order valence-electron chi connectivity index (χ2n) is 7.02. The van der Waals surface area contributed by atoms with E-state index in [-0.39, 0.29) is 12.6 Å². The Bertz CT molecular complexity index is 738. The second kappa shape index (κ2) is 10.1. The summed E-state index contributed by atoms with van der Waals surface area (Å²) in [7, 11) is -3.92. The van der Waals surface area contributed by atoms with Gasteiger partial charge in [0, 0.05) is 28.4 Å². The monoisotopic (exact) mass is 455 g/mol. The molecule has 1 aromatic carbocycles. The molecule has 0 aliphatic heterocycles. The Balaban J connectivity index is 3.65. The van der Waals surface area contributed by atoms with E-state index >= 15 is 0 Å². The number of rotatable bonds is 11. The molecule has 0 saturated heterocycles. The van der Waals surface area contributed by atoms with E-state index in [1.54, 1.807) is 51.1 Å². The standard InChI is InChI=1S/C17H31NO7P2S/c1-16(2,3)28(21)18-17(27(20,24-6)25-7,15-11-9-8-10-12-15)13-14-26(19,22-4)23-5/h8-12,18H,13-14H2,1-7H3/t17-,28?/m1/s1. The van der Waals surface area contributed by atoms with Crippen LogP contribution in [0.1, 0.15) is 32.8 Å². The molecule has 1 aromatic rings. The fraction of sp³-hybridized carbons (Fsp3) is 0.647. The fourth-order valence-electron chi connectivity index (χ4n) is 2.57. The zero-order valence-electron chi connectivity index (χ0n) is 17.5. The molecule has 0 bridgehead atoms. The summed E-state index contributed by atoms with van der Waals surface area (Å²) in [6.07, 6.45) is -0.128. The molecule has 0 amide bonds. The average Bonchev–Trinajstić information content (AvgIpc) is 2.69.